The summed E-state index contributed by atoms with van der Waals surface area (Å²) in [6, 6.07) is 0. The largest absolute Gasteiger partial charge is 0.428 e. The van der Waals surface area contributed by atoms with E-state index in [4.69, 9.17) is 0 Å². The van der Waals surface area contributed by atoms with E-state index in [2.05, 4.69) is 9.47 Å². The van der Waals surface area contributed by atoms with Crippen LogP contribution in [0.2, 0.25) is 0 Å². The summed E-state index contributed by atoms with van der Waals surface area (Å²) in [7, 11) is 0. The lowest BCUT2D eigenvalue weighted by atomic mass is 10.2. The van der Waals surface area contributed by atoms with Crippen LogP contribution in [-0.2, 0) is 19.1 Å². The number of ether oxygens (including phenoxy) is 2. The SMILES string of the molecule is CC(=O)OCOC(=O)C(C)C. The van der Waals surface area contributed by atoms with Crippen LogP contribution < -0.4 is 0 Å². The Morgan fingerprint density at radius 2 is 1.82 bits per heavy atom. The average molecular weight is 160 g/mol. The van der Waals surface area contributed by atoms with Gasteiger partial charge in [-0.15, -0.1) is 0 Å². The van der Waals surface area contributed by atoms with Gasteiger partial charge in [-0.2, -0.15) is 0 Å². The normalized spacial score (nSPS) is 9.45. The maximum atomic E-state index is 10.7. The number of carbonyl (C=O) groups excluding carboxylic acids is 2. The Hall–Kier alpha value is -1.06. The third-order valence-corrected chi connectivity index (χ3v) is 0.935. The van der Waals surface area contributed by atoms with Gasteiger partial charge < -0.3 is 9.47 Å². The Morgan fingerprint density at radius 3 is 2.18 bits per heavy atom. The Balaban J connectivity index is 3.39. The zero-order valence-corrected chi connectivity index (χ0v) is 6.92. The van der Waals surface area contributed by atoms with Gasteiger partial charge in [-0.05, 0) is 0 Å². The molecular weight excluding hydrogens is 148 g/mol. The molecule has 0 saturated carbocycles. The monoisotopic (exact) mass is 160 g/mol. The Bertz CT molecular complexity index is 151. The van der Waals surface area contributed by atoms with E-state index in [0.717, 1.165) is 0 Å². The van der Waals surface area contributed by atoms with E-state index < -0.39 is 5.97 Å². The summed E-state index contributed by atoms with van der Waals surface area (Å²) in [4.78, 5) is 20.9. The second kappa shape index (κ2) is 4.71. The minimum absolute atomic E-state index is 0.189. The van der Waals surface area contributed by atoms with Gasteiger partial charge in [0.2, 0.25) is 6.79 Å². The van der Waals surface area contributed by atoms with Crippen molar-refractivity contribution in [2.24, 2.45) is 5.92 Å². The molecule has 0 heterocycles. The molecule has 0 fully saturated rings. The third-order valence-electron chi connectivity index (χ3n) is 0.935. The molecule has 4 nitrogen and oxygen atoms in total. The van der Waals surface area contributed by atoms with Gasteiger partial charge in [-0.1, -0.05) is 13.8 Å². The first-order chi connectivity index (χ1) is 5.04. The molecule has 0 rings (SSSR count). The van der Waals surface area contributed by atoms with Crippen molar-refractivity contribution in [3.8, 4) is 0 Å². The quantitative estimate of drug-likeness (QED) is 0.450. The Kier molecular flexibility index (Phi) is 4.26. The van der Waals surface area contributed by atoms with Crippen molar-refractivity contribution < 1.29 is 19.1 Å². The van der Waals surface area contributed by atoms with Crippen LogP contribution in [0.4, 0.5) is 0 Å². The molecule has 0 amide bonds. The predicted octanol–water partition coefficient (Wildman–Crippen LogP) is 0.706. The summed E-state index contributed by atoms with van der Waals surface area (Å²) in [5.74, 6) is -1.02. The van der Waals surface area contributed by atoms with Gasteiger partial charge in [-0.25, -0.2) is 0 Å². The fourth-order valence-electron chi connectivity index (χ4n) is 0.337. The summed E-state index contributed by atoms with van der Waals surface area (Å²) in [5, 5.41) is 0. The van der Waals surface area contributed by atoms with E-state index in [9.17, 15) is 9.59 Å². The Labute approximate surface area is 65.5 Å². The highest BCUT2D eigenvalue weighted by atomic mass is 16.7. The molecule has 4 heteroatoms. The van der Waals surface area contributed by atoms with Crippen molar-refractivity contribution >= 4 is 11.9 Å². The number of hydrogen-bond acceptors (Lipinski definition) is 4. The van der Waals surface area contributed by atoms with E-state index in [1.165, 1.54) is 6.92 Å². The van der Waals surface area contributed by atoms with Crippen LogP contribution in [0.3, 0.4) is 0 Å². The first kappa shape index (κ1) is 9.94. The highest BCUT2D eigenvalue weighted by Gasteiger charge is 2.07. The van der Waals surface area contributed by atoms with Gasteiger partial charge in [0.1, 0.15) is 0 Å². The number of esters is 2. The lowest BCUT2D eigenvalue weighted by molar-refractivity contribution is -0.167. The molecule has 0 aromatic carbocycles. The molecule has 64 valence electrons. The molecule has 0 saturated heterocycles. The van der Waals surface area contributed by atoms with Gasteiger partial charge in [-0.3, -0.25) is 9.59 Å². The molecule has 0 aliphatic rings. The van der Waals surface area contributed by atoms with Crippen molar-refractivity contribution in [1.82, 2.24) is 0 Å². The molecule has 0 aliphatic heterocycles. The number of rotatable bonds is 3. The van der Waals surface area contributed by atoms with E-state index in [1.54, 1.807) is 13.8 Å². The van der Waals surface area contributed by atoms with Gasteiger partial charge in [0, 0.05) is 6.92 Å². The standard InChI is InChI=1S/C7H12O4/c1-5(2)7(9)11-4-10-6(3)8/h5H,4H2,1-3H3. The molecular formula is C7H12O4. The zero-order valence-electron chi connectivity index (χ0n) is 6.92. The summed E-state index contributed by atoms with van der Waals surface area (Å²) in [6.07, 6.45) is 0. The van der Waals surface area contributed by atoms with Crippen LogP contribution >= 0.6 is 0 Å². The second-order valence-corrected chi connectivity index (χ2v) is 2.37. The Morgan fingerprint density at radius 1 is 1.27 bits per heavy atom. The van der Waals surface area contributed by atoms with E-state index >= 15 is 0 Å². The lowest BCUT2D eigenvalue weighted by Gasteiger charge is -2.05. The van der Waals surface area contributed by atoms with Gasteiger partial charge in [0.15, 0.2) is 0 Å². The summed E-state index contributed by atoms with van der Waals surface area (Å²) >= 11 is 0. The lowest BCUT2D eigenvalue weighted by Crippen LogP contribution is -2.15. The van der Waals surface area contributed by atoms with Crippen LogP contribution in [0.1, 0.15) is 20.8 Å². The van der Waals surface area contributed by atoms with Crippen LogP contribution in [0, 0.1) is 5.92 Å². The average Bonchev–Trinajstić information content (AvgIpc) is 1.86. The fraction of sp³-hybridized carbons (Fsp3) is 0.714. The molecule has 0 spiro atoms. The molecule has 0 aromatic rings. The van der Waals surface area contributed by atoms with Crippen LogP contribution in [0.15, 0.2) is 0 Å². The number of carbonyl (C=O) groups is 2. The fourth-order valence-corrected chi connectivity index (χ4v) is 0.337. The van der Waals surface area contributed by atoms with Crippen molar-refractivity contribution in [2.75, 3.05) is 6.79 Å². The maximum Gasteiger partial charge on any atom is 0.311 e. The first-order valence-corrected chi connectivity index (χ1v) is 3.34. The van der Waals surface area contributed by atoms with Crippen molar-refractivity contribution in [1.29, 1.82) is 0 Å². The minimum atomic E-state index is -0.457. The molecule has 0 aliphatic carbocycles. The molecule has 11 heavy (non-hydrogen) atoms. The first-order valence-electron chi connectivity index (χ1n) is 3.34. The van der Waals surface area contributed by atoms with Crippen molar-refractivity contribution in [3.63, 3.8) is 0 Å². The molecule has 0 aromatic heterocycles. The topological polar surface area (TPSA) is 52.6 Å². The van der Waals surface area contributed by atoms with E-state index in [-0.39, 0.29) is 18.7 Å². The van der Waals surface area contributed by atoms with Crippen LogP contribution in [-0.4, -0.2) is 18.7 Å². The maximum absolute atomic E-state index is 10.7. The molecule has 0 N–H and O–H groups in total. The smallest absolute Gasteiger partial charge is 0.311 e. The third kappa shape index (κ3) is 5.39. The summed E-state index contributed by atoms with van der Waals surface area (Å²) in [5.41, 5.74) is 0. The van der Waals surface area contributed by atoms with Crippen LogP contribution in [0.5, 0.6) is 0 Å². The van der Waals surface area contributed by atoms with E-state index in [1.807, 2.05) is 0 Å². The highest BCUT2D eigenvalue weighted by molar-refractivity contribution is 5.71. The van der Waals surface area contributed by atoms with Crippen molar-refractivity contribution in [2.45, 2.75) is 20.8 Å². The molecule has 0 unspecified atom stereocenters. The summed E-state index contributed by atoms with van der Waals surface area (Å²) in [6.45, 7) is 4.38. The minimum Gasteiger partial charge on any atom is -0.428 e. The highest BCUT2D eigenvalue weighted by Crippen LogP contribution is 1.95. The van der Waals surface area contributed by atoms with Crippen LogP contribution in [0.25, 0.3) is 0 Å². The van der Waals surface area contributed by atoms with Gasteiger partial charge >= 0.3 is 11.9 Å². The van der Waals surface area contributed by atoms with Gasteiger partial charge in [0.05, 0.1) is 5.92 Å². The van der Waals surface area contributed by atoms with E-state index in [0.29, 0.717) is 0 Å². The van der Waals surface area contributed by atoms with Gasteiger partial charge in [0.25, 0.3) is 0 Å². The predicted molar refractivity (Wildman–Crippen MR) is 37.6 cm³/mol. The molecule has 0 bridgehead atoms. The van der Waals surface area contributed by atoms with Crippen molar-refractivity contribution in [3.05, 3.63) is 0 Å². The second-order valence-electron chi connectivity index (χ2n) is 2.37. The number of hydrogen-bond donors (Lipinski definition) is 0. The molecule has 0 radical (unpaired) electrons. The molecule has 0 atom stereocenters. The zero-order chi connectivity index (χ0) is 8.85. The summed E-state index contributed by atoms with van der Waals surface area (Å²) < 4.78 is 8.91.